The van der Waals surface area contributed by atoms with Crippen molar-refractivity contribution in [3.8, 4) is 0 Å². The van der Waals surface area contributed by atoms with Gasteiger partial charge in [0.15, 0.2) is 0 Å². The van der Waals surface area contributed by atoms with Crippen molar-refractivity contribution in [3.05, 3.63) is 33.8 Å². The van der Waals surface area contributed by atoms with Gasteiger partial charge in [0, 0.05) is 27.6 Å². The van der Waals surface area contributed by atoms with E-state index in [1.54, 1.807) is 12.1 Å². The van der Waals surface area contributed by atoms with Gasteiger partial charge in [0.2, 0.25) is 0 Å². The summed E-state index contributed by atoms with van der Waals surface area (Å²) >= 11 is 12.2. The summed E-state index contributed by atoms with van der Waals surface area (Å²) in [7, 11) is 0. The highest BCUT2D eigenvalue weighted by Crippen LogP contribution is 2.39. The lowest BCUT2D eigenvalue weighted by molar-refractivity contribution is -0.176. The third-order valence-electron chi connectivity index (χ3n) is 4.36. The maximum Gasteiger partial charge on any atom is 0.311 e. The second kappa shape index (κ2) is 6.98. The molecule has 0 unspecified atom stereocenters. The molecule has 23 heavy (non-hydrogen) atoms. The lowest BCUT2D eigenvalue weighted by atomic mass is 9.88. The van der Waals surface area contributed by atoms with Gasteiger partial charge < -0.3 is 14.2 Å². The molecule has 0 saturated carbocycles. The molecule has 0 aromatic heterocycles. The van der Waals surface area contributed by atoms with Crippen molar-refractivity contribution in [2.45, 2.75) is 25.9 Å². The van der Waals surface area contributed by atoms with E-state index in [0.29, 0.717) is 36.5 Å². The topological polar surface area (TPSA) is 44.8 Å². The fraction of sp³-hybridized carbons (Fsp3) is 0.588. The second-order valence-corrected chi connectivity index (χ2v) is 7.46. The summed E-state index contributed by atoms with van der Waals surface area (Å²) in [5.41, 5.74) is 0.731. The van der Waals surface area contributed by atoms with Crippen molar-refractivity contribution in [2.24, 2.45) is 11.3 Å². The Labute approximate surface area is 146 Å². The first kappa shape index (κ1) is 17.0. The first-order chi connectivity index (χ1) is 11.0. The van der Waals surface area contributed by atoms with E-state index in [1.165, 1.54) is 0 Å². The number of hydrogen-bond acceptors (Lipinski definition) is 4. The number of benzene rings is 1. The molecule has 2 fully saturated rings. The van der Waals surface area contributed by atoms with Crippen LogP contribution in [0.25, 0.3) is 0 Å². The molecule has 2 saturated heterocycles. The molecular weight excluding hydrogens is 339 g/mol. The largest absolute Gasteiger partial charge is 0.465 e. The lowest BCUT2D eigenvalue weighted by Gasteiger charge is -2.38. The SMILES string of the molecule is CC1(COC(=O)[C@H]2CCCO[C@H]2c2ccc(Cl)cc2Cl)COC1. The van der Waals surface area contributed by atoms with Gasteiger partial charge in [-0.1, -0.05) is 36.2 Å². The van der Waals surface area contributed by atoms with Crippen molar-refractivity contribution >= 4 is 29.2 Å². The summed E-state index contributed by atoms with van der Waals surface area (Å²) in [4.78, 5) is 12.5. The zero-order valence-electron chi connectivity index (χ0n) is 13.0. The molecule has 0 spiro atoms. The standard InChI is InChI=1S/C17H20Cl2O4/c1-17(8-21-9-17)10-23-16(20)13-3-2-6-22-15(13)12-5-4-11(18)7-14(12)19/h4-5,7,13,15H,2-3,6,8-10H2,1H3/t13-,15-/m0/s1. The molecule has 1 aromatic rings. The minimum absolute atomic E-state index is 0.0569. The van der Waals surface area contributed by atoms with E-state index in [-0.39, 0.29) is 23.4 Å². The summed E-state index contributed by atoms with van der Waals surface area (Å²) in [6, 6.07) is 5.25. The Morgan fingerprint density at radius 3 is 2.83 bits per heavy atom. The number of carbonyl (C=O) groups is 1. The molecule has 4 nitrogen and oxygen atoms in total. The van der Waals surface area contributed by atoms with E-state index in [4.69, 9.17) is 37.4 Å². The van der Waals surface area contributed by atoms with Crippen LogP contribution in [0.5, 0.6) is 0 Å². The molecule has 0 bridgehead atoms. The van der Waals surface area contributed by atoms with Crippen LogP contribution in [0, 0.1) is 11.3 Å². The zero-order valence-corrected chi connectivity index (χ0v) is 14.5. The van der Waals surface area contributed by atoms with Crippen LogP contribution < -0.4 is 0 Å². The maximum absolute atomic E-state index is 12.5. The van der Waals surface area contributed by atoms with Crippen LogP contribution in [0.4, 0.5) is 0 Å². The van der Waals surface area contributed by atoms with E-state index >= 15 is 0 Å². The number of ether oxygens (including phenoxy) is 3. The van der Waals surface area contributed by atoms with Crippen molar-refractivity contribution in [3.63, 3.8) is 0 Å². The highest BCUT2D eigenvalue weighted by Gasteiger charge is 2.39. The number of halogens is 2. The second-order valence-electron chi connectivity index (χ2n) is 6.62. The normalized spacial score (nSPS) is 26.4. The third-order valence-corrected chi connectivity index (χ3v) is 4.92. The van der Waals surface area contributed by atoms with E-state index in [9.17, 15) is 4.79 Å². The van der Waals surface area contributed by atoms with E-state index in [1.807, 2.05) is 6.07 Å². The molecule has 2 heterocycles. The van der Waals surface area contributed by atoms with Crippen LogP contribution in [-0.2, 0) is 19.0 Å². The van der Waals surface area contributed by atoms with Gasteiger partial charge >= 0.3 is 5.97 Å². The van der Waals surface area contributed by atoms with E-state index in [2.05, 4.69) is 6.92 Å². The first-order valence-electron chi connectivity index (χ1n) is 7.79. The van der Waals surface area contributed by atoms with Gasteiger partial charge in [-0.15, -0.1) is 0 Å². The predicted octanol–water partition coefficient (Wildman–Crippen LogP) is 4.04. The molecular formula is C17H20Cl2O4. The fourth-order valence-electron chi connectivity index (χ4n) is 2.95. The smallest absolute Gasteiger partial charge is 0.311 e. The van der Waals surface area contributed by atoms with Crippen molar-refractivity contribution < 1.29 is 19.0 Å². The Balaban J connectivity index is 1.71. The summed E-state index contributed by atoms with van der Waals surface area (Å²) in [5, 5.41) is 1.08. The van der Waals surface area contributed by atoms with Crippen LogP contribution in [-0.4, -0.2) is 32.4 Å². The van der Waals surface area contributed by atoms with Crippen molar-refractivity contribution in [1.82, 2.24) is 0 Å². The van der Waals surface area contributed by atoms with Gasteiger partial charge in [-0.25, -0.2) is 0 Å². The summed E-state index contributed by atoms with van der Waals surface area (Å²) < 4.78 is 16.6. The molecule has 2 aliphatic heterocycles. The number of carbonyl (C=O) groups excluding carboxylic acids is 1. The van der Waals surface area contributed by atoms with Crippen molar-refractivity contribution in [2.75, 3.05) is 26.4 Å². The van der Waals surface area contributed by atoms with Crippen LogP contribution in [0.2, 0.25) is 10.0 Å². The van der Waals surface area contributed by atoms with Crippen LogP contribution in [0.1, 0.15) is 31.4 Å². The minimum Gasteiger partial charge on any atom is -0.465 e. The molecule has 0 aliphatic carbocycles. The van der Waals surface area contributed by atoms with Gasteiger partial charge in [0.1, 0.15) is 6.61 Å². The first-order valence-corrected chi connectivity index (χ1v) is 8.55. The maximum atomic E-state index is 12.5. The van der Waals surface area contributed by atoms with Crippen molar-refractivity contribution in [1.29, 1.82) is 0 Å². The summed E-state index contributed by atoms with van der Waals surface area (Å²) in [5.74, 6) is -0.569. The van der Waals surface area contributed by atoms with Gasteiger partial charge in [0.25, 0.3) is 0 Å². The molecule has 1 aromatic carbocycles. The van der Waals surface area contributed by atoms with Gasteiger partial charge in [-0.3, -0.25) is 4.79 Å². The van der Waals surface area contributed by atoms with Crippen LogP contribution in [0.15, 0.2) is 18.2 Å². The number of rotatable bonds is 4. The Bertz CT molecular complexity index is 586. The molecule has 2 atom stereocenters. The molecule has 3 rings (SSSR count). The zero-order chi connectivity index (χ0) is 16.4. The molecule has 0 N–H and O–H groups in total. The molecule has 0 radical (unpaired) electrons. The molecule has 6 heteroatoms. The Morgan fingerprint density at radius 1 is 1.39 bits per heavy atom. The Morgan fingerprint density at radius 2 is 2.17 bits per heavy atom. The van der Waals surface area contributed by atoms with Gasteiger partial charge in [-0.05, 0) is 25.0 Å². The van der Waals surface area contributed by atoms with Gasteiger partial charge in [-0.2, -0.15) is 0 Å². The highest BCUT2D eigenvalue weighted by molar-refractivity contribution is 6.35. The molecule has 0 amide bonds. The van der Waals surface area contributed by atoms with Gasteiger partial charge in [0.05, 0.1) is 25.2 Å². The van der Waals surface area contributed by atoms with Crippen LogP contribution >= 0.6 is 23.2 Å². The minimum atomic E-state index is -0.383. The molecule has 2 aliphatic rings. The predicted molar refractivity (Wildman–Crippen MR) is 87.8 cm³/mol. The quantitative estimate of drug-likeness (QED) is 0.761. The Hall–Kier alpha value is -0.810. The number of esters is 1. The Kier molecular flexibility index (Phi) is 5.16. The average Bonchev–Trinajstić information content (AvgIpc) is 2.51. The summed E-state index contributed by atoms with van der Waals surface area (Å²) in [6.45, 7) is 4.30. The monoisotopic (exact) mass is 358 g/mol. The van der Waals surface area contributed by atoms with E-state index < -0.39 is 0 Å². The highest BCUT2D eigenvalue weighted by atomic mass is 35.5. The third kappa shape index (κ3) is 3.82. The number of hydrogen-bond donors (Lipinski definition) is 0. The lowest BCUT2D eigenvalue weighted by Crippen LogP contribution is -2.45. The fourth-order valence-corrected chi connectivity index (χ4v) is 3.46. The average molecular weight is 359 g/mol. The molecule has 126 valence electrons. The summed E-state index contributed by atoms with van der Waals surface area (Å²) in [6.07, 6.45) is 1.18. The van der Waals surface area contributed by atoms with Crippen LogP contribution in [0.3, 0.4) is 0 Å². The van der Waals surface area contributed by atoms with E-state index in [0.717, 1.165) is 18.4 Å².